The van der Waals surface area contributed by atoms with Gasteiger partial charge in [0.1, 0.15) is 5.60 Å². The van der Waals surface area contributed by atoms with E-state index in [9.17, 15) is 4.79 Å². The van der Waals surface area contributed by atoms with Crippen molar-refractivity contribution >= 4 is 6.09 Å². The van der Waals surface area contributed by atoms with Crippen LogP contribution in [0.3, 0.4) is 0 Å². The number of benzene rings is 1. The number of hydrogen-bond donors (Lipinski definition) is 1. The zero-order valence-corrected chi connectivity index (χ0v) is 13.2. The van der Waals surface area contributed by atoms with Crippen LogP contribution in [0.25, 0.3) is 0 Å². The van der Waals surface area contributed by atoms with E-state index in [-0.39, 0.29) is 18.1 Å². The highest BCUT2D eigenvalue weighted by Gasteiger charge is 2.30. The third-order valence-corrected chi connectivity index (χ3v) is 3.80. The quantitative estimate of drug-likeness (QED) is 0.909. The molecule has 4 nitrogen and oxygen atoms in total. The summed E-state index contributed by atoms with van der Waals surface area (Å²) in [7, 11) is 0. The Morgan fingerprint density at radius 1 is 1.33 bits per heavy atom. The van der Waals surface area contributed by atoms with Gasteiger partial charge in [0.15, 0.2) is 0 Å². The van der Waals surface area contributed by atoms with Crippen molar-refractivity contribution < 1.29 is 9.53 Å². The first-order chi connectivity index (χ1) is 9.87. The molecule has 1 saturated heterocycles. The van der Waals surface area contributed by atoms with Gasteiger partial charge in [-0.15, -0.1) is 0 Å². The molecule has 2 atom stereocenters. The molecule has 4 heteroatoms. The molecule has 21 heavy (non-hydrogen) atoms. The van der Waals surface area contributed by atoms with Gasteiger partial charge in [0, 0.05) is 19.1 Å². The number of amides is 1. The number of hydrogen-bond acceptors (Lipinski definition) is 3. The maximum atomic E-state index is 12.2. The first-order valence-corrected chi connectivity index (χ1v) is 7.65. The fourth-order valence-electron chi connectivity index (χ4n) is 2.74. The highest BCUT2D eigenvalue weighted by molar-refractivity contribution is 5.68. The lowest BCUT2D eigenvalue weighted by atomic mass is 9.87. The van der Waals surface area contributed by atoms with Crippen molar-refractivity contribution in [3.8, 4) is 0 Å². The van der Waals surface area contributed by atoms with E-state index in [2.05, 4.69) is 12.1 Å². The third-order valence-electron chi connectivity index (χ3n) is 3.80. The molecule has 0 saturated carbocycles. The van der Waals surface area contributed by atoms with Gasteiger partial charge in [-0.05, 0) is 45.1 Å². The minimum absolute atomic E-state index is 0.0311. The summed E-state index contributed by atoms with van der Waals surface area (Å²) >= 11 is 0. The lowest BCUT2D eigenvalue weighted by molar-refractivity contribution is 0.0152. The number of carbonyl (C=O) groups excluding carboxylic acids is 1. The maximum absolute atomic E-state index is 12.2. The van der Waals surface area contributed by atoms with Crippen LogP contribution in [0.15, 0.2) is 30.3 Å². The molecule has 1 amide bonds. The van der Waals surface area contributed by atoms with Crippen LogP contribution in [-0.2, 0) is 4.74 Å². The summed E-state index contributed by atoms with van der Waals surface area (Å²) in [6, 6.07) is 10.1. The first-order valence-electron chi connectivity index (χ1n) is 7.65. The van der Waals surface area contributed by atoms with E-state index in [0.29, 0.717) is 6.54 Å². The van der Waals surface area contributed by atoms with Crippen molar-refractivity contribution in [3.63, 3.8) is 0 Å². The van der Waals surface area contributed by atoms with Crippen LogP contribution in [0.4, 0.5) is 4.79 Å². The molecule has 0 aromatic heterocycles. The van der Waals surface area contributed by atoms with Crippen LogP contribution in [0.5, 0.6) is 0 Å². The van der Waals surface area contributed by atoms with E-state index >= 15 is 0 Å². The number of carbonyl (C=O) groups is 1. The van der Waals surface area contributed by atoms with Gasteiger partial charge in [0.25, 0.3) is 0 Å². The number of likely N-dealkylation sites (tertiary alicyclic amines) is 1. The van der Waals surface area contributed by atoms with Crippen molar-refractivity contribution in [1.29, 1.82) is 0 Å². The van der Waals surface area contributed by atoms with Crippen molar-refractivity contribution in [2.45, 2.75) is 45.3 Å². The van der Waals surface area contributed by atoms with Crippen LogP contribution in [0.2, 0.25) is 0 Å². The normalized spacial score (nSPS) is 21.0. The van der Waals surface area contributed by atoms with Gasteiger partial charge in [-0.2, -0.15) is 0 Å². The topological polar surface area (TPSA) is 55.6 Å². The SMILES string of the molecule is CC(C)(C)OC(=O)N1CCC[C@H]([C@H](N)c2ccccc2)C1. The van der Waals surface area contributed by atoms with Gasteiger partial charge >= 0.3 is 6.09 Å². The van der Waals surface area contributed by atoms with E-state index in [1.165, 1.54) is 0 Å². The Hall–Kier alpha value is -1.55. The van der Waals surface area contributed by atoms with E-state index in [0.717, 1.165) is 24.9 Å². The average molecular weight is 290 g/mol. The van der Waals surface area contributed by atoms with E-state index in [1.54, 1.807) is 4.90 Å². The monoisotopic (exact) mass is 290 g/mol. The molecule has 0 spiro atoms. The van der Waals surface area contributed by atoms with Gasteiger partial charge in [-0.3, -0.25) is 0 Å². The van der Waals surface area contributed by atoms with Gasteiger partial charge < -0.3 is 15.4 Å². The minimum atomic E-state index is -0.453. The summed E-state index contributed by atoms with van der Waals surface area (Å²) in [6.45, 7) is 7.10. The molecule has 1 fully saturated rings. The second kappa shape index (κ2) is 6.48. The highest BCUT2D eigenvalue weighted by atomic mass is 16.6. The predicted molar refractivity (Wildman–Crippen MR) is 83.9 cm³/mol. The van der Waals surface area contributed by atoms with Crippen LogP contribution in [0.1, 0.15) is 45.2 Å². The zero-order valence-electron chi connectivity index (χ0n) is 13.2. The van der Waals surface area contributed by atoms with Gasteiger partial charge in [0.2, 0.25) is 0 Å². The Morgan fingerprint density at radius 3 is 2.62 bits per heavy atom. The fourth-order valence-corrected chi connectivity index (χ4v) is 2.74. The Bertz CT molecular complexity index is 467. The molecule has 116 valence electrons. The molecule has 0 unspecified atom stereocenters. The summed E-state index contributed by atoms with van der Waals surface area (Å²) in [5.41, 5.74) is 7.06. The lowest BCUT2D eigenvalue weighted by Gasteiger charge is -2.36. The third kappa shape index (κ3) is 4.46. The Morgan fingerprint density at radius 2 is 2.00 bits per heavy atom. The lowest BCUT2D eigenvalue weighted by Crippen LogP contribution is -2.45. The number of nitrogens with zero attached hydrogens (tertiary/aromatic N) is 1. The van der Waals surface area contributed by atoms with Crippen molar-refractivity contribution in [1.82, 2.24) is 4.90 Å². The first kappa shape index (κ1) is 15.8. The molecule has 0 bridgehead atoms. The number of rotatable bonds is 2. The van der Waals surface area contributed by atoms with Crippen molar-refractivity contribution in [2.75, 3.05) is 13.1 Å². The summed E-state index contributed by atoms with van der Waals surface area (Å²) in [6.07, 6.45) is 1.80. The molecule has 1 aliphatic heterocycles. The second-order valence-corrected chi connectivity index (χ2v) is 6.77. The number of nitrogens with two attached hydrogens (primary N) is 1. The fraction of sp³-hybridized carbons (Fsp3) is 0.588. The molecular formula is C17H26N2O2. The molecule has 1 aromatic rings. The molecule has 2 rings (SSSR count). The molecular weight excluding hydrogens is 264 g/mol. The Balaban J connectivity index is 1.99. The minimum Gasteiger partial charge on any atom is -0.444 e. The van der Waals surface area contributed by atoms with E-state index in [4.69, 9.17) is 10.5 Å². The molecule has 2 N–H and O–H groups in total. The molecule has 1 heterocycles. The Labute approximate surface area is 127 Å². The van der Waals surface area contributed by atoms with E-state index < -0.39 is 5.60 Å². The molecule has 1 aromatic carbocycles. The van der Waals surface area contributed by atoms with Gasteiger partial charge in [-0.25, -0.2) is 4.79 Å². The highest BCUT2D eigenvalue weighted by Crippen LogP contribution is 2.28. The van der Waals surface area contributed by atoms with Gasteiger partial charge in [0.05, 0.1) is 0 Å². The largest absolute Gasteiger partial charge is 0.444 e. The van der Waals surface area contributed by atoms with Crippen molar-refractivity contribution in [3.05, 3.63) is 35.9 Å². The van der Waals surface area contributed by atoms with E-state index in [1.807, 2.05) is 39.0 Å². The second-order valence-electron chi connectivity index (χ2n) is 6.77. The smallest absolute Gasteiger partial charge is 0.410 e. The molecule has 1 aliphatic rings. The van der Waals surface area contributed by atoms with Crippen LogP contribution in [-0.4, -0.2) is 29.7 Å². The average Bonchev–Trinajstić information content (AvgIpc) is 2.46. The van der Waals surface area contributed by atoms with Crippen molar-refractivity contribution in [2.24, 2.45) is 11.7 Å². The standard InChI is InChI=1S/C17H26N2O2/c1-17(2,3)21-16(20)19-11-7-10-14(12-19)15(18)13-8-5-4-6-9-13/h4-6,8-9,14-15H,7,10-12,18H2,1-3H3/t14-,15+/m0/s1. The predicted octanol–water partition coefficient (Wildman–Crippen LogP) is 3.33. The summed E-state index contributed by atoms with van der Waals surface area (Å²) in [5, 5.41) is 0. The summed E-state index contributed by atoms with van der Waals surface area (Å²) < 4.78 is 5.46. The van der Waals surface area contributed by atoms with Gasteiger partial charge in [-0.1, -0.05) is 30.3 Å². The van der Waals surface area contributed by atoms with Crippen LogP contribution >= 0.6 is 0 Å². The zero-order chi connectivity index (χ0) is 15.5. The maximum Gasteiger partial charge on any atom is 0.410 e. The number of ether oxygens (including phenoxy) is 1. The van der Waals surface area contributed by atoms with Crippen LogP contribution in [0, 0.1) is 5.92 Å². The number of piperidine rings is 1. The van der Waals surface area contributed by atoms with Crippen LogP contribution < -0.4 is 5.73 Å². The summed E-state index contributed by atoms with van der Waals surface area (Å²) in [4.78, 5) is 14.0. The molecule has 0 aliphatic carbocycles. The summed E-state index contributed by atoms with van der Waals surface area (Å²) in [5.74, 6) is 0.286. The Kier molecular flexibility index (Phi) is 4.88. The molecule has 0 radical (unpaired) electrons.